The molecule has 1 N–H and O–H groups in total. The highest BCUT2D eigenvalue weighted by atomic mass is 32.1. The SMILES string of the molecule is COc1ccc(-n2cc(C3CC3)[nH]c2=S)c(F)c1. The molecule has 1 aromatic carbocycles. The first-order chi connectivity index (χ1) is 8.69. The lowest BCUT2D eigenvalue weighted by atomic mass is 10.3. The van der Waals surface area contributed by atoms with E-state index in [1.165, 1.54) is 26.0 Å². The molecule has 0 spiro atoms. The molecule has 94 valence electrons. The Bertz CT molecular complexity index is 643. The van der Waals surface area contributed by atoms with Crippen LogP contribution in [0.4, 0.5) is 4.39 Å². The third-order valence-electron chi connectivity index (χ3n) is 3.17. The van der Waals surface area contributed by atoms with Crippen molar-refractivity contribution in [2.24, 2.45) is 0 Å². The molecule has 0 atom stereocenters. The molecule has 1 aromatic heterocycles. The zero-order valence-electron chi connectivity index (χ0n) is 9.94. The quantitative estimate of drug-likeness (QED) is 0.859. The summed E-state index contributed by atoms with van der Waals surface area (Å²) in [7, 11) is 1.52. The van der Waals surface area contributed by atoms with Crippen molar-refractivity contribution in [2.45, 2.75) is 18.8 Å². The molecule has 1 fully saturated rings. The molecular weight excluding hydrogens is 251 g/mol. The lowest BCUT2D eigenvalue weighted by molar-refractivity contribution is 0.411. The van der Waals surface area contributed by atoms with E-state index in [0.717, 1.165) is 5.69 Å². The third-order valence-corrected chi connectivity index (χ3v) is 3.47. The number of halogens is 1. The first kappa shape index (κ1) is 11.5. The van der Waals surface area contributed by atoms with E-state index in [0.29, 0.717) is 22.1 Å². The molecule has 2 aromatic rings. The van der Waals surface area contributed by atoms with Crippen molar-refractivity contribution in [1.82, 2.24) is 9.55 Å². The van der Waals surface area contributed by atoms with Gasteiger partial charge in [-0.2, -0.15) is 0 Å². The van der Waals surface area contributed by atoms with Crippen molar-refractivity contribution in [1.29, 1.82) is 0 Å². The third kappa shape index (κ3) is 1.95. The van der Waals surface area contributed by atoms with Crippen LogP contribution in [0.1, 0.15) is 24.5 Å². The first-order valence-corrected chi connectivity index (χ1v) is 6.25. The van der Waals surface area contributed by atoms with E-state index in [-0.39, 0.29) is 5.82 Å². The minimum absolute atomic E-state index is 0.341. The van der Waals surface area contributed by atoms with Gasteiger partial charge in [-0.3, -0.25) is 4.57 Å². The number of rotatable bonds is 3. The molecule has 0 bridgehead atoms. The Morgan fingerprint density at radius 1 is 1.44 bits per heavy atom. The van der Waals surface area contributed by atoms with Crippen LogP contribution in [0.15, 0.2) is 24.4 Å². The molecule has 0 saturated heterocycles. The predicted octanol–water partition coefficient (Wildman–Crippen LogP) is 3.56. The molecule has 1 aliphatic rings. The van der Waals surface area contributed by atoms with Crippen molar-refractivity contribution in [3.05, 3.63) is 40.7 Å². The second kappa shape index (κ2) is 4.24. The van der Waals surface area contributed by atoms with Crippen LogP contribution in [0.3, 0.4) is 0 Å². The Labute approximate surface area is 109 Å². The van der Waals surface area contributed by atoms with Gasteiger partial charge in [0.15, 0.2) is 10.6 Å². The molecule has 0 aliphatic heterocycles. The monoisotopic (exact) mass is 264 g/mol. The summed E-state index contributed by atoms with van der Waals surface area (Å²) in [5.41, 5.74) is 1.54. The predicted molar refractivity (Wildman–Crippen MR) is 69.4 cm³/mol. The molecule has 5 heteroatoms. The van der Waals surface area contributed by atoms with Crippen LogP contribution in [0.5, 0.6) is 5.75 Å². The summed E-state index contributed by atoms with van der Waals surface area (Å²) in [6, 6.07) is 4.76. The van der Waals surface area contributed by atoms with Crippen LogP contribution >= 0.6 is 12.2 Å². The number of hydrogen-bond donors (Lipinski definition) is 1. The van der Waals surface area contributed by atoms with Gasteiger partial charge in [-0.15, -0.1) is 0 Å². The topological polar surface area (TPSA) is 29.9 Å². The van der Waals surface area contributed by atoms with Crippen LogP contribution in [0.25, 0.3) is 5.69 Å². The minimum Gasteiger partial charge on any atom is -0.497 e. The number of nitrogens with one attached hydrogen (secondary N) is 1. The van der Waals surface area contributed by atoms with Gasteiger partial charge in [0, 0.05) is 23.9 Å². The largest absolute Gasteiger partial charge is 0.497 e. The van der Waals surface area contributed by atoms with Gasteiger partial charge in [-0.1, -0.05) is 0 Å². The van der Waals surface area contributed by atoms with Crippen LogP contribution in [-0.2, 0) is 0 Å². The lowest BCUT2D eigenvalue weighted by Gasteiger charge is -2.06. The Balaban J connectivity index is 2.06. The fourth-order valence-electron chi connectivity index (χ4n) is 2.00. The number of aromatic nitrogens is 2. The number of methoxy groups -OCH3 is 1. The average molecular weight is 264 g/mol. The fourth-order valence-corrected chi connectivity index (χ4v) is 2.27. The molecule has 1 aliphatic carbocycles. The van der Waals surface area contributed by atoms with Gasteiger partial charge in [0.1, 0.15) is 5.75 Å². The number of aromatic amines is 1. The standard InChI is InChI=1S/C13H13FN2OS/c1-17-9-4-5-12(10(14)6-9)16-7-11(8-2-3-8)15-13(16)18/h4-8H,2-3H2,1H3,(H,15,18). The van der Waals surface area contributed by atoms with Crippen LogP contribution in [0.2, 0.25) is 0 Å². The van der Waals surface area contributed by atoms with Crippen molar-refractivity contribution >= 4 is 12.2 Å². The summed E-state index contributed by atoms with van der Waals surface area (Å²) in [5, 5.41) is 0. The second-order valence-electron chi connectivity index (χ2n) is 4.48. The maximum Gasteiger partial charge on any atom is 0.182 e. The van der Waals surface area contributed by atoms with E-state index in [9.17, 15) is 4.39 Å². The summed E-state index contributed by atoms with van der Waals surface area (Å²) < 4.78 is 21.2. The summed E-state index contributed by atoms with van der Waals surface area (Å²) in [4.78, 5) is 3.14. The summed E-state index contributed by atoms with van der Waals surface area (Å²) in [6.07, 6.45) is 4.26. The van der Waals surface area contributed by atoms with E-state index >= 15 is 0 Å². The molecule has 0 radical (unpaired) electrons. The van der Waals surface area contributed by atoms with Gasteiger partial charge in [-0.05, 0) is 37.2 Å². The molecule has 3 nitrogen and oxygen atoms in total. The smallest absolute Gasteiger partial charge is 0.182 e. The highest BCUT2D eigenvalue weighted by molar-refractivity contribution is 7.71. The van der Waals surface area contributed by atoms with Crippen molar-refractivity contribution in [2.75, 3.05) is 7.11 Å². The van der Waals surface area contributed by atoms with E-state index < -0.39 is 0 Å². The lowest BCUT2D eigenvalue weighted by Crippen LogP contribution is -1.97. The second-order valence-corrected chi connectivity index (χ2v) is 4.86. The van der Waals surface area contributed by atoms with Crippen LogP contribution in [-0.4, -0.2) is 16.7 Å². The van der Waals surface area contributed by atoms with Crippen LogP contribution < -0.4 is 4.74 Å². The summed E-state index contributed by atoms with van der Waals surface area (Å²) in [6.45, 7) is 0. The highest BCUT2D eigenvalue weighted by Gasteiger charge is 2.25. The molecule has 0 unspecified atom stereocenters. The van der Waals surface area contributed by atoms with Gasteiger partial charge in [-0.25, -0.2) is 4.39 Å². The number of benzene rings is 1. The van der Waals surface area contributed by atoms with E-state index in [4.69, 9.17) is 17.0 Å². The number of H-pyrrole nitrogens is 1. The van der Waals surface area contributed by atoms with Crippen molar-refractivity contribution < 1.29 is 9.13 Å². The molecule has 3 rings (SSSR count). The molecular formula is C13H13FN2OS. The Morgan fingerprint density at radius 3 is 2.83 bits per heavy atom. The Kier molecular flexibility index (Phi) is 2.70. The average Bonchev–Trinajstić information content (AvgIpc) is 3.14. The number of nitrogens with zero attached hydrogens (tertiary/aromatic N) is 1. The van der Waals surface area contributed by atoms with Crippen LogP contribution in [0, 0.1) is 10.6 Å². The summed E-state index contributed by atoms with van der Waals surface area (Å²) in [5.74, 6) is 0.724. The number of ether oxygens (including phenoxy) is 1. The van der Waals surface area contributed by atoms with Gasteiger partial charge in [0.2, 0.25) is 0 Å². The molecule has 18 heavy (non-hydrogen) atoms. The van der Waals surface area contributed by atoms with E-state index in [2.05, 4.69) is 4.98 Å². The zero-order valence-corrected chi connectivity index (χ0v) is 10.8. The van der Waals surface area contributed by atoms with Crippen molar-refractivity contribution in [3.8, 4) is 11.4 Å². The maximum atomic E-state index is 14.0. The molecule has 1 saturated carbocycles. The molecule has 1 heterocycles. The van der Waals surface area contributed by atoms with Gasteiger partial charge in [0.25, 0.3) is 0 Å². The molecule has 0 amide bonds. The van der Waals surface area contributed by atoms with Crippen molar-refractivity contribution in [3.63, 3.8) is 0 Å². The van der Waals surface area contributed by atoms with E-state index in [1.807, 2.05) is 6.20 Å². The Morgan fingerprint density at radius 2 is 2.22 bits per heavy atom. The fraction of sp³-hybridized carbons (Fsp3) is 0.308. The Hall–Kier alpha value is -1.62. The first-order valence-electron chi connectivity index (χ1n) is 5.84. The highest BCUT2D eigenvalue weighted by Crippen LogP contribution is 2.39. The van der Waals surface area contributed by atoms with Gasteiger partial charge in [0.05, 0.1) is 12.8 Å². The van der Waals surface area contributed by atoms with Gasteiger partial charge < -0.3 is 9.72 Å². The maximum absolute atomic E-state index is 14.0. The summed E-state index contributed by atoms with van der Waals surface area (Å²) >= 11 is 5.23. The number of imidazole rings is 1. The van der Waals surface area contributed by atoms with Gasteiger partial charge >= 0.3 is 0 Å². The minimum atomic E-state index is -0.341. The number of hydrogen-bond acceptors (Lipinski definition) is 2. The van der Waals surface area contributed by atoms with E-state index in [1.54, 1.807) is 16.7 Å². The normalized spacial score (nSPS) is 14.8. The zero-order chi connectivity index (χ0) is 12.7.